The van der Waals surface area contributed by atoms with E-state index in [1.165, 1.54) is 0 Å². The molecule has 1 atom stereocenters. The lowest BCUT2D eigenvalue weighted by molar-refractivity contribution is -0.108. The summed E-state index contributed by atoms with van der Waals surface area (Å²) in [6.45, 7) is 2.04. The van der Waals surface area contributed by atoms with Gasteiger partial charge in [-0.2, -0.15) is 15.0 Å². The van der Waals surface area contributed by atoms with Crippen LogP contribution >= 0.6 is 0 Å². The summed E-state index contributed by atoms with van der Waals surface area (Å²) in [6.07, 6.45) is 4.79. The fraction of sp³-hybridized carbons (Fsp3) is 0.250. The van der Waals surface area contributed by atoms with Crippen molar-refractivity contribution in [2.75, 3.05) is 0 Å². The zero-order chi connectivity index (χ0) is 11.4. The van der Waals surface area contributed by atoms with Crippen LogP contribution in [0.1, 0.15) is 24.8 Å². The van der Waals surface area contributed by atoms with Gasteiger partial charge in [0, 0.05) is 6.42 Å². The average molecular weight is 215 g/mol. The van der Waals surface area contributed by atoms with E-state index < -0.39 is 0 Å². The SMILES string of the molecule is CC(CC=O)c1ccc(-n2nccn2)cc1. The van der Waals surface area contributed by atoms with Gasteiger partial charge in [-0.1, -0.05) is 19.1 Å². The summed E-state index contributed by atoms with van der Waals surface area (Å²) >= 11 is 0. The number of nitrogens with zero attached hydrogens (tertiary/aromatic N) is 3. The predicted molar refractivity (Wildman–Crippen MR) is 60.5 cm³/mol. The maximum atomic E-state index is 10.4. The largest absolute Gasteiger partial charge is 0.303 e. The quantitative estimate of drug-likeness (QED) is 0.732. The monoisotopic (exact) mass is 215 g/mol. The van der Waals surface area contributed by atoms with Crippen molar-refractivity contribution < 1.29 is 4.79 Å². The standard InChI is InChI=1S/C12H13N3O/c1-10(6-9-16)11-2-4-12(5-3-11)15-13-7-8-14-15/h2-5,7-10H,6H2,1H3. The molecule has 1 aromatic heterocycles. The average Bonchev–Trinajstić information content (AvgIpc) is 2.83. The number of carbonyl (C=O) groups is 1. The van der Waals surface area contributed by atoms with Crippen LogP contribution in [0.25, 0.3) is 5.69 Å². The summed E-state index contributed by atoms with van der Waals surface area (Å²) in [4.78, 5) is 12.0. The zero-order valence-electron chi connectivity index (χ0n) is 9.08. The number of carbonyl (C=O) groups excluding carboxylic acids is 1. The molecule has 1 aromatic carbocycles. The third kappa shape index (κ3) is 2.16. The maximum Gasteiger partial charge on any atom is 0.120 e. The van der Waals surface area contributed by atoms with E-state index in [4.69, 9.17) is 0 Å². The van der Waals surface area contributed by atoms with Crippen LogP contribution in [-0.2, 0) is 4.79 Å². The van der Waals surface area contributed by atoms with Crippen LogP contribution in [0.15, 0.2) is 36.7 Å². The second kappa shape index (κ2) is 4.70. The molecular formula is C12H13N3O. The molecule has 0 spiro atoms. The van der Waals surface area contributed by atoms with Crippen LogP contribution in [0.3, 0.4) is 0 Å². The van der Waals surface area contributed by atoms with E-state index in [1.807, 2.05) is 31.2 Å². The second-order valence-corrected chi connectivity index (χ2v) is 3.71. The molecule has 0 aliphatic carbocycles. The first-order valence-corrected chi connectivity index (χ1v) is 5.21. The fourth-order valence-electron chi connectivity index (χ4n) is 1.57. The molecule has 0 saturated heterocycles. The molecule has 0 saturated carbocycles. The van der Waals surface area contributed by atoms with Gasteiger partial charge < -0.3 is 4.79 Å². The van der Waals surface area contributed by atoms with Gasteiger partial charge in [-0.3, -0.25) is 0 Å². The molecule has 0 aliphatic rings. The third-order valence-corrected chi connectivity index (χ3v) is 2.56. The van der Waals surface area contributed by atoms with E-state index in [0.717, 1.165) is 17.5 Å². The first-order chi connectivity index (χ1) is 7.81. The lowest BCUT2D eigenvalue weighted by Crippen LogP contribution is -1.99. The second-order valence-electron chi connectivity index (χ2n) is 3.71. The highest BCUT2D eigenvalue weighted by molar-refractivity contribution is 5.51. The van der Waals surface area contributed by atoms with Gasteiger partial charge in [0.25, 0.3) is 0 Å². The van der Waals surface area contributed by atoms with E-state index in [0.29, 0.717) is 6.42 Å². The lowest BCUT2D eigenvalue weighted by Gasteiger charge is -2.08. The summed E-state index contributed by atoms with van der Waals surface area (Å²) in [5.74, 6) is 0.261. The minimum absolute atomic E-state index is 0.261. The number of rotatable bonds is 4. The van der Waals surface area contributed by atoms with Crippen LogP contribution in [-0.4, -0.2) is 21.3 Å². The number of benzene rings is 1. The van der Waals surface area contributed by atoms with Crippen LogP contribution in [0.4, 0.5) is 0 Å². The molecule has 4 nitrogen and oxygen atoms in total. The normalized spacial score (nSPS) is 12.3. The Kier molecular flexibility index (Phi) is 3.10. The van der Waals surface area contributed by atoms with E-state index >= 15 is 0 Å². The summed E-state index contributed by atoms with van der Waals surface area (Å²) in [6, 6.07) is 7.92. The van der Waals surface area contributed by atoms with Crippen molar-refractivity contribution in [2.24, 2.45) is 0 Å². The Morgan fingerprint density at radius 1 is 1.25 bits per heavy atom. The number of hydrogen-bond acceptors (Lipinski definition) is 3. The molecule has 2 rings (SSSR count). The van der Waals surface area contributed by atoms with Crippen molar-refractivity contribution in [3.63, 3.8) is 0 Å². The number of aldehydes is 1. The van der Waals surface area contributed by atoms with Gasteiger partial charge in [-0.05, 0) is 23.6 Å². The molecular weight excluding hydrogens is 202 g/mol. The Balaban J connectivity index is 2.19. The molecule has 0 aliphatic heterocycles. The molecule has 82 valence electrons. The van der Waals surface area contributed by atoms with Crippen LogP contribution in [0, 0.1) is 0 Å². The smallest absolute Gasteiger partial charge is 0.120 e. The molecule has 4 heteroatoms. The Labute approximate surface area is 93.9 Å². The van der Waals surface area contributed by atoms with Crippen molar-refractivity contribution in [3.05, 3.63) is 42.2 Å². The van der Waals surface area contributed by atoms with Crippen molar-refractivity contribution in [2.45, 2.75) is 19.3 Å². The van der Waals surface area contributed by atoms with Crippen LogP contribution in [0.2, 0.25) is 0 Å². The molecule has 0 amide bonds. The van der Waals surface area contributed by atoms with Crippen molar-refractivity contribution >= 4 is 6.29 Å². The molecule has 0 fully saturated rings. The molecule has 0 radical (unpaired) electrons. The molecule has 1 heterocycles. The Bertz CT molecular complexity index is 448. The van der Waals surface area contributed by atoms with E-state index in [9.17, 15) is 4.79 Å². The maximum absolute atomic E-state index is 10.4. The topological polar surface area (TPSA) is 47.8 Å². The Morgan fingerprint density at radius 3 is 2.44 bits per heavy atom. The van der Waals surface area contributed by atoms with Gasteiger partial charge in [0.05, 0.1) is 18.1 Å². The van der Waals surface area contributed by atoms with E-state index in [-0.39, 0.29) is 5.92 Å². The number of hydrogen-bond donors (Lipinski definition) is 0. The predicted octanol–water partition coefficient (Wildman–Crippen LogP) is 1.96. The van der Waals surface area contributed by atoms with Crippen LogP contribution < -0.4 is 0 Å². The molecule has 2 aromatic rings. The molecule has 16 heavy (non-hydrogen) atoms. The number of aromatic nitrogens is 3. The van der Waals surface area contributed by atoms with Gasteiger partial charge >= 0.3 is 0 Å². The van der Waals surface area contributed by atoms with Crippen LogP contribution in [0.5, 0.6) is 0 Å². The summed E-state index contributed by atoms with van der Waals surface area (Å²) < 4.78 is 0. The molecule has 1 unspecified atom stereocenters. The zero-order valence-corrected chi connectivity index (χ0v) is 9.08. The van der Waals surface area contributed by atoms with E-state index in [1.54, 1.807) is 17.2 Å². The first kappa shape index (κ1) is 10.5. The van der Waals surface area contributed by atoms with Gasteiger partial charge in [-0.25, -0.2) is 0 Å². The highest BCUT2D eigenvalue weighted by Crippen LogP contribution is 2.18. The summed E-state index contributed by atoms with van der Waals surface area (Å²) in [5.41, 5.74) is 2.08. The third-order valence-electron chi connectivity index (χ3n) is 2.56. The van der Waals surface area contributed by atoms with Gasteiger partial charge in [-0.15, -0.1) is 0 Å². The fourth-order valence-corrected chi connectivity index (χ4v) is 1.57. The summed E-state index contributed by atoms with van der Waals surface area (Å²) in [5, 5.41) is 8.09. The van der Waals surface area contributed by atoms with Gasteiger partial charge in [0.2, 0.25) is 0 Å². The van der Waals surface area contributed by atoms with Crippen molar-refractivity contribution in [3.8, 4) is 5.69 Å². The first-order valence-electron chi connectivity index (χ1n) is 5.21. The summed E-state index contributed by atoms with van der Waals surface area (Å²) in [7, 11) is 0. The highest BCUT2D eigenvalue weighted by Gasteiger charge is 2.05. The molecule has 0 bridgehead atoms. The minimum atomic E-state index is 0.261. The van der Waals surface area contributed by atoms with Crippen molar-refractivity contribution in [1.82, 2.24) is 15.0 Å². The Hall–Kier alpha value is -1.97. The minimum Gasteiger partial charge on any atom is -0.303 e. The van der Waals surface area contributed by atoms with Gasteiger partial charge in [0.1, 0.15) is 6.29 Å². The van der Waals surface area contributed by atoms with E-state index in [2.05, 4.69) is 10.2 Å². The van der Waals surface area contributed by atoms with Gasteiger partial charge in [0.15, 0.2) is 0 Å². The van der Waals surface area contributed by atoms with Crippen molar-refractivity contribution in [1.29, 1.82) is 0 Å². The highest BCUT2D eigenvalue weighted by atomic mass is 16.1. The molecule has 0 N–H and O–H groups in total. The lowest BCUT2D eigenvalue weighted by atomic mass is 9.98. The Morgan fingerprint density at radius 2 is 1.88 bits per heavy atom.